The van der Waals surface area contributed by atoms with Crippen molar-refractivity contribution < 1.29 is 18.3 Å². The van der Waals surface area contributed by atoms with Crippen LogP contribution in [0.2, 0.25) is 0 Å². The second-order valence-corrected chi connectivity index (χ2v) is 4.90. The van der Waals surface area contributed by atoms with Gasteiger partial charge in [0, 0.05) is 37.6 Å². The number of aliphatic hydroxyl groups is 1. The summed E-state index contributed by atoms with van der Waals surface area (Å²) in [6, 6.07) is 4.04. The van der Waals surface area contributed by atoms with Crippen LogP contribution in [0.3, 0.4) is 0 Å². The van der Waals surface area contributed by atoms with Crippen molar-refractivity contribution in [1.29, 1.82) is 0 Å². The van der Waals surface area contributed by atoms with Crippen LogP contribution >= 0.6 is 0 Å². The first-order valence-electron chi connectivity index (χ1n) is 6.53. The lowest BCUT2D eigenvalue weighted by Gasteiger charge is -2.21. The molecule has 2 heterocycles. The normalized spacial score (nSPS) is 13.0. The number of anilines is 1. The van der Waals surface area contributed by atoms with Gasteiger partial charge >= 0.3 is 6.18 Å². The van der Waals surface area contributed by atoms with Gasteiger partial charge in [-0.25, -0.2) is 9.97 Å². The Morgan fingerprint density at radius 3 is 2.59 bits per heavy atom. The van der Waals surface area contributed by atoms with Gasteiger partial charge in [0.15, 0.2) is 11.5 Å². The van der Waals surface area contributed by atoms with E-state index in [0.29, 0.717) is 5.56 Å². The highest BCUT2D eigenvalue weighted by atomic mass is 19.4. The van der Waals surface area contributed by atoms with Crippen molar-refractivity contribution >= 4 is 5.82 Å². The van der Waals surface area contributed by atoms with Gasteiger partial charge in [-0.15, -0.1) is 0 Å². The highest BCUT2D eigenvalue weighted by Crippen LogP contribution is 2.31. The van der Waals surface area contributed by atoms with E-state index in [9.17, 15) is 18.3 Å². The maximum Gasteiger partial charge on any atom is 0.433 e. The van der Waals surface area contributed by atoms with Crippen LogP contribution in [0.15, 0.2) is 30.6 Å². The molecule has 2 aromatic heterocycles. The SMILES string of the molecule is CC(O)CN(C)c1cc(C(F)(F)F)nc(-c2cccnc2)n1. The van der Waals surface area contributed by atoms with Gasteiger partial charge in [-0.1, -0.05) is 0 Å². The van der Waals surface area contributed by atoms with Crippen molar-refractivity contribution in [1.82, 2.24) is 15.0 Å². The van der Waals surface area contributed by atoms with Crippen LogP contribution in [-0.4, -0.2) is 39.8 Å². The minimum absolute atomic E-state index is 0.0598. The number of nitrogens with zero attached hydrogens (tertiary/aromatic N) is 4. The zero-order chi connectivity index (χ0) is 16.3. The summed E-state index contributed by atoms with van der Waals surface area (Å²) in [4.78, 5) is 13.0. The maximum atomic E-state index is 13.0. The molecule has 2 rings (SSSR count). The van der Waals surface area contributed by atoms with Crippen molar-refractivity contribution in [3.8, 4) is 11.4 Å². The first kappa shape index (κ1) is 16.2. The van der Waals surface area contributed by atoms with Gasteiger partial charge in [0.2, 0.25) is 0 Å². The Bertz CT molecular complexity index is 632. The summed E-state index contributed by atoms with van der Waals surface area (Å²) in [5.74, 6) is 0.0254. The number of likely N-dealkylation sites (N-methyl/N-ethyl adjacent to an activating group) is 1. The number of rotatable bonds is 4. The molecule has 0 aliphatic rings. The Morgan fingerprint density at radius 1 is 1.32 bits per heavy atom. The van der Waals surface area contributed by atoms with E-state index in [1.165, 1.54) is 17.3 Å². The molecule has 5 nitrogen and oxygen atoms in total. The fourth-order valence-corrected chi connectivity index (χ4v) is 1.89. The maximum absolute atomic E-state index is 13.0. The van der Waals surface area contributed by atoms with Crippen LogP contribution in [-0.2, 0) is 6.18 Å². The van der Waals surface area contributed by atoms with E-state index < -0.39 is 18.0 Å². The number of hydrogen-bond donors (Lipinski definition) is 1. The van der Waals surface area contributed by atoms with Gasteiger partial charge in [0.05, 0.1) is 6.10 Å². The summed E-state index contributed by atoms with van der Waals surface area (Å²) in [7, 11) is 1.56. The average Bonchev–Trinajstić information content (AvgIpc) is 2.46. The third kappa shape index (κ3) is 3.91. The monoisotopic (exact) mass is 312 g/mol. The van der Waals surface area contributed by atoms with Crippen molar-refractivity contribution in [2.45, 2.75) is 19.2 Å². The van der Waals surface area contributed by atoms with Crippen molar-refractivity contribution in [2.24, 2.45) is 0 Å². The third-order valence-electron chi connectivity index (χ3n) is 2.85. The molecule has 0 aromatic carbocycles. The van der Waals surface area contributed by atoms with E-state index in [1.54, 1.807) is 26.1 Å². The Balaban J connectivity index is 2.50. The number of aromatic nitrogens is 3. The Hall–Kier alpha value is -2.22. The van der Waals surface area contributed by atoms with Crippen molar-refractivity contribution in [2.75, 3.05) is 18.5 Å². The third-order valence-corrected chi connectivity index (χ3v) is 2.85. The largest absolute Gasteiger partial charge is 0.433 e. The number of alkyl halides is 3. The summed E-state index contributed by atoms with van der Waals surface area (Å²) in [6.07, 6.45) is -2.37. The summed E-state index contributed by atoms with van der Waals surface area (Å²) >= 11 is 0. The summed E-state index contributed by atoms with van der Waals surface area (Å²) in [5, 5.41) is 9.38. The zero-order valence-corrected chi connectivity index (χ0v) is 12.0. The number of pyridine rings is 1. The van der Waals surface area contributed by atoms with Gasteiger partial charge in [0.25, 0.3) is 0 Å². The van der Waals surface area contributed by atoms with E-state index in [0.717, 1.165) is 6.07 Å². The number of halogens is 3. The minimum Gasteiger partial charge on any atom is -0.392 e. The molecule has 2 aromatic rings. The average molecular weight is 312 g/mol. The molecule has 1 N–H and O–H groups in total. The van der Waals surface area contributed by atoms with Gasteiger partial charge < -0.3 is 10.0 Å². The van der Waals surface area contributed by atoms with E-state index in [1.807, 2.05) is 0 Å². The fourth-order valence-electron chi connectivity index (χ4n) is 1.89. The Morgan fingerprint density at radius 2 is 2.05 bits per heavy atom. The zero-order valence-electron chi connectivity index (χ0n) is 12.0. The molecule has 0 saturated carbocycles. The molecule has 0 aliphatic heterocycles. The van der Waals surface area contributed by atoms with E-state index >= 15 is 0 Å². The molecule has 8 heteroatoms. The molecule has 0 fully saturated rings. The predicted molar refractivity (Wildman–Crippen MR) is 75.2 cm³/mol. The minimum atomic E-state index is -4.58. The van der Waals surface area contributed by atoms with Gasteiger partial charge in [0.1, 0.15) is 5.82 Å². The van der Waals surface area contributed by atoms with Crippen molar-refractivity contribution in [3.63, 3.8) is 0 Å². The summed E-state index contributed by atoms with van der Waals surface area (Å²) in [5.41, 5.74) is -0.644. The van der Waals surface area contributed by atoms with Gasteiger partial charge in [-0.2, -0.15) is 13.2 Å². The molecule has 1 unspecified atom stereocenters. The quantitative estimate of drug-likeness (QED) is 0.939. The molecular weight excluding hydrogens is 297 g/mol. The standard InChI is InChI=1S/C14H15F3N4O/c1-9(22)8-21(2)12-6-11(14(15,16)17)19-13(20-12)10-4-3-5-18-7-10/h3-7,9,22H,8H2,1-2H3. The van der Waals surface area contributed by atoms with Crippen LogP contribution in [0.25, 0.3) is 11.4 Å². The van der Waals surface area contributed by atoms with E-state index in [-0.39, 0.29) is 18.2 Å². The van der Waals surface area contributed by atoms with E-state index in [4.69, 9.17) is 0 Å². The molecule has 0 amide bonds. The van der Waals surface area contributed by atoms with Gasteiger partial charge in [-0.05, 0) is 19.1 Å². The molecule has 1 atom stereocenters. The lowest BCUT2D eigenvalue weighted by Crippen LogP contribution is -2.28. The highest BCUT2D eigenvalue weighted by molar-refractivity contribution is 5.57. The first-order chi connectivity index (χ1) is 10.3. The van der Waals surface area contributed by atoms with Crippen LogP contribution in [0, 0.1) is 0 Å². The lowest BCUT2D eigenvalue weighted by atomic mass is 10.2. The molecule has 118 valence electrons. The molecule has 0 spiro atoms. The molecular formula is C14H15F3N4O. The molecule has 0 aliphatic carbocycles. The predicted octanol–water partition coefficient (Wildman–Crippen LogP) is 2.37. The van der Waals surface area contributed by atoms with Gasteiger partial charge in [-0.3, -0.25) is 4.98 Å². The fraction of sp³-hybridized carbons (Fsp3) is 0.357. The van der Waals surface area contributed by atoms with Crippen LogP contribution in [0.5, 0.6) is 0 Å². The number of hydrogen-bond acceptors (Lipinski definition) is 5. The molecule has 22 heavy (non-hydrogen) atoms. The first-order valence-corrected chi connectivity index (χ1v) is 6.53. The second kappa shape index (κ2) is 6.27. The van der Waals surface area contributed by atoms with Crippen molar-refractivity contribution in [3.05, 3.63) is 36.3 Å². The summed E-state index contributed by atoms with van der Waals surface area (Å²) < 4.78 is 39.0. The van der Waals surface area contributed by atoms with Crippen LogP contribution in [0.4, 0.5) is 19.0 Å². The molecule has 0 bridgehead atoms. The second-order valence-electron chi connectivity index (χ2n) is 4.90. The molecule has 0 saturated heterocycles. The highest BCUT2D eigenvalue weighted by Gasteiger charge is 2.34. The van der Waals surface area contributed by atoms with Crippen LogP contribution in [0.1, 0.15) is 12.6 Å². The van der Waals surface area contributed by atoms with Crippen LogP contribution < -0.4 is 4.90 Å². The van der Waals surface area contributed by atoms with E-state index in [2.05, 4.69) is 15.0 Å². The smallest absolute Gasteiger partial charge is 0.392 e. The summed E-state index contributed by atoms with van der Waals surface area (Å²) in [6.45, 7) is 1.70. The Labute approximate surface area is 125 Å². The number of aliphatic hydroxyl groups excluding tert-OH is 1. The molecule has 0 radical (unpaired) electrons. The Kier molecular flexibility index (Phi) is 4.60. The topological polar surface area (TPSA) is 62.1 Å². The lowest BCUT2D eigenvalue weighted by molar-refractivity contribution is -0.141.